The molecule has 2 N–H and O–H groups in total. The van der Waals surface area contributed by atoms with E-state index in [9.17, 15) is 0 Å². The second-order valence-electron chi connectivity index (χ2n) is 4.13. The Morgan fingerprint density at radius 1 is 1.39 bits per heavy atom. The summed E-state index contributed by atoms with van der Waals surface area (Å²) >= 11 is 12.1. The summed E-state index contributed by atoms with van der Waals surface area (Å²) in [6.07, 6.45) is 2.32. The zero-order chi connectivity index (χ0) is 13.1. The van der Waals surface area contributed by atoms with Gasteiger partial charge in [0.25, 0.3) is 0 Å². The molecule has 1 unspecified atom stereocenters. The first kappa shape index (κ1) is 13.4. The highest BCUT2D eigenvalue weighted by Crippen LogP contribution is 2.24. The van der Waals surface area contributed by atoms with E-state index in [-0.39, 0.29) is 6.04 Å². The first-order chi connectivity index (χ1) is 8.61. The van der Waals surface area contributed by atoms with Crippen LogP contribution in [0.5, 0.6) is 0 Å². The van der Waals surface area contributed by atoms with Crippen molar-refractivity contribution in [1.82, 2.24) is 9.78 Å². The predicted octanol–water partition coefficient (Wildman–Crippen LogP) is 3.45. The van der Waals surface area contributed by atoms with Gasteiger partial charge in [-0.15, -0.1) is 0 Å². The first-order valence-corrected chi connectivity index (χ1v) is 6.58. The predicted molar refractivity (Wildman–Crippen MR) is 75.0 cm³/mol. The van der Waals surface area contributed by atoms with Crippen LogP contribution in [0.3, 0.4) is 0 Å². The lowest BCUT2D eigenvalue weighted by molar-refractivity contribution is 0.569. The molecule has 0 aliphatic rings. The van der Waals surface area contributed by atoms with E-state index in [0.29, 0.717) is 11.4 Å². The van der Waals surface area contributed by atoms with Gasteiger partial charge in [0.15, 0.2) is 0 Å². The van der Waals surface area contributed by atoms with Gasteiger partial charge in [-0.2, -0.15) is 5.10 Å². The van der Waals surface area contributed by atoms with Crippen LogP contribution in [0, 0.1) is 0 Å². The SMILES string of the molecule is CCn1ncc(Cl)c1C(N)Cc1cccc(Cl)c1. The second kappa shape index (κ2) is 5.74. The van der Waals surface area contributed by atoms with Crippen LogP contribution in [0.15, 0.2) is 30.5 Å². The molecule has 1 heterocycles. The number of hydrogen-bond donors (Lipinski definition) is 1. The van der Waals surface area contributed by atoms with Gasteiger partial charge in [-0.25, -0.2) is 0 Å². The summed E-state index contributed by atoms with van der Waals surface area (Å²) in [5.74, 6) is 0. The summed E-state index contributed by atoms with van der Waals surface area (Å²) in [4.78, 5) is 0. The maximum atomic E-state index is 6.21. The molecule has 1 aromatic heterocycles. The molecule has 0 amide bonds. The third-order valence-electron chi connectivity index (χ3n) is 2.83. The Bertz CT molecular complexity index is 537. The number of nitrogens with two attached hydrogens (primary N) is 1. The Hall–Kier alpha value is -1.03. The minimum absolute atomic E-state index is 0.182. The molecule has 0 radical (unpaired) electrons. The first-order valence-electron chi connectivity index (χ1n) is 5.83. The quantitative estimate of drug-likeness (QED) is 0.934. The second-order valence-corrected chi connectivity index (χ2v) is 4.98. The van der Waals surface area contributed by atoms with Gasteiger partial charge < -0.3 is 5.73 Å². The molecule has 0 aliphatic heterocycles. The fraction of sp³-hybridized carbons (Fsp3) is 0.308. The van der Waals surface area contributed by atoms with Gasteiger partial charge in [-0.3, -0.25) is 4.68 Å². The minimum atomic E-state index is -0.182. The Labute approximate surface area is 117 Å². The molecule has 0 fully saturated rings. The molecule has 3 nitrogen and oxygen atoms in total. The van der Waals surface area contributed by atoms with Gasteiger partial charge in [-0.1, -0.05) is 35.3 Å². The van der Waals surface area contributed by atoms with E-state index in [1.54, 1.807) is 6.20 Å². The van der Waals surface area contributed by atoms with Crippen molar-refractivity contribution in [3.05, 3.63) is 51.8 Å². The molecule has 5 heteroatoms. The highest BCUT2D eigenvalue weighted by molar-refractivity contribution is 6.31. The number of hydrogen-bond acceptors (Lipinski definition) is 2. The fourth-order valence-corrected chi connectivity index (χ4v) is 2.50. The average Bonchev–Trinajstić information content (AvgIpc) is 2.70. The summed E-state index contributed by atoms with van der Waals surface area (Å²) in [6, 6.07) is 7.51. The summed E-state index contributed by atoms with van der Waals surface area (Å²) < 4.78 is 1.83. The molecule has 0 bridgehead atoms. The molecule has 0 saturated heterocycles. The summed E-state index contributed by atoms with van der Waals surface area (Å²) in [5.41, 5.74) is 8.18. The number of nitrogens with zero attached hydrogens (tertiary/aromatic N) is 2. The molecular weight excluding hydrogens is 269 g/mol. The minimum Gasteiger partial charge on any atom is -0.322 e. The molecule has 0 spiro atoms. The molecular formula is C13H15Cl2N3. The molecule has 1 atom stereocenters. The number of aromatic nitrogens is 2. The van der Waals surface area contributed by atoms with Crippen LogP contribution in [-0.2, 0) is 13.0 Å². The highest BCUT2D eigenvalue weighted by atomic mass is 35.5. The van der Waals surface area contributed by atoms with Crippen molar-refractivity contribution in [3.63, 3.8) is 0 Å². The van der Waals surface area contributed by atoms with Crippen molar-refractivity contribution in [2.45, 2.75) is 25.9 Å². The maximum absolute atomic E-state index is 6.21. The van der Waals surface area contributed by atoms with Gasteiger partial charge in [0.05, 0.1) is 23.0 Å². The fourth-order valence-electron chi connectivity index (χ4n) is 2.01. The lowest BCUT2D eigenvalue weighted by Crippen LogP contribution is -2.18. The Morgan fingerprint density at radius 2 is 2.17 bits per heavy atom. The number of benzene rings is 1. The van der Waals surface area contributed by atoms with E-state index in [0.717, 1.165) is 22.8 Å². The molecule has 0 aliphatic carbocycles. The van der Waals surface area contributed by atoms with Gasteiger partial charge in [0.1, 0.15) is 0 Å². The summed E-state index contributed by atoms with van der Waals surface area (Å²) in [5, 5.41) is 5.53. The largest absolute Gasteiger partial charge is 0.322 e. The van der Waals surface area contributed by atoms with E-state index < -0.39 is 0 Å². The smallest absolute Gasteiger partial charge is 0.0834 e. The van der Waals surface area contributed by atoms with Crippen molar-refractivity contribution in [2.75, 3.05) is 0 Å². The van der Waals surface area contributed by atoms with Crippen molar-refractivity contribution in [3.8, 4) is 0 Å². The standard InChI is InChI=1S/C13H15Cl2N3/c1-2-18-13(11(15)8-17-18)12(16)7-9-4-3-5-10(14)6-9/h3-6,8,12H,2,7,16H2,1H3. The van der Waals surface area contributed by atoms with Crippen molar-refractivity contribution < 1.29 is 0 Å². The third kappa shape index (κ3) is 2.86. The van der Waals surface area contributed by atoms with Crippen molar-refractivity contribution in [1.29, 1.82) is 0 Å². The Balaban J connectivity index is 2.21. The van der Waals surface area contributed by atoms with E-state index in [2.05, 4.69) is 5.10 Å². The van der Waals surface area contributed by atoms with Crippen LogP contribution < -0.4 is 5.73 Å². The van der Waals surface area contributed by atoms with Crippen LogP contribution >= 0.6 is 23.2 Å². The maximum Gasteiger partial charge on any atom is 0.0834 e. The zero-order valence-corrected chi connectivity index (χ0v) is 11.6. The van der Waals surface area contributed by atoms with Gasteiger partial charge in [0.2, 0.25) is 0 Å². The molecule has 18 heavy (non-hydrogen) atoms. The van der Waals surface area contributed by atoms with E-state index >= 15 is 0 Å². The van der Waals surface area contributed by atoms with E-state index in [1.807, 2.05) is 35.9 Å². The normalized spacial score (nSPS) is 12.7. The number of aryl methyl sites for hydroxylation is 1. The topological polar surface area (TPSA) is 43.8 Å². The highest BCUT2D eigenvalue weighted by Gasteiger charge is 2.16. The van der Waals surface area contributed by atoms with E-state index in [1.165, 1.54) is 0 Å². The molecule has 0 saturated carbocycles. The monoisotopic (exact) mass is 283 g/mol. The van der Waals surface area contributed by atoms with Gasteiger partial charge in [0, 0.05) is 11.6 Å². The number of halogens is 2. The summed E-state index contributed by atoms with van der Waals surface area (Å²) in [6.45, 7) is 2.77. The molecule has 1 aromatic carbocycles. The van der Waals surface area contributed by atoms with Crippen LogP contribution in [0.25, 0.3) is 0 Å². The molecule has 96 valence electrons. The Morgan fingerprint density at radius 3 is 2.83 bits per heavy atom. The lowest BCUT2D eigenvalue weighted by Gasteiger charge is -2.14. The van der Waals surface area contributed by atoms with Gasteiger partial charge >= 0.3 is 0 Å². The third-order valence-corrected chi connectivity index (χ3v) is 3.35. The average molecular weight is 284 g/mol. The van der Waals surface area contributed by atoms with Crippen molar-refractivity contribution >= 4 is 23.2 Å². The van der Waals surface area contributed by atoms with Crippen LogP contribution in [0.1, 0.15) is 24.2 Å². The Kier molecular flexibility index (Phi) is 4.27. The zero-order valence-electron chi connectivity index (χ0n) is 10.1. The van der Waals surface area contributed by atoms with Gasteiger partial charge in [-0.05, 0) is 31.0 Å². The lowest BCUT2D eigenvalue weighted by atomic mass is 10.0. The number of rotatable bonds is 4. The van der Waals surface area contributed by atoms with Crippen molar-refractivity contribution in [2.24, 2.45) is 5.73 Å². The molecule has 2 aromatic rings. The van der Waals surface area contributed by atoms with Crippen LogP contribution in [0.2, 0.25) is 10.0 Å². The summed E-state index contributed by atoms with van der Waals surface area (Å²) in [7, 11) is 0. The van der Waals surface area contributed by atoms with E-state index in [4.69, 9.17) is 28.9 Å². The van der Waals surface area contributed by atoms with Crippen LogP contribution in [-0.4, -0.2) is 9.78 Å². The molecule has 2 rings (SSSR count). The van der Waals surface area contributed by atoms with Crippen LogP contribution in [0.4, 0.5) is 0 Å².